The molecule has 1 aliphatic heterocycles. The van der Waals surface area contributed by atoms with Gasteiger partial charge >= 0.3 is 0 Å². The number of benzene rings is 4. The van der Waals surface area contributed by atoms with Gasteiger partial charge in [0.25, 0.3) is 0 Å². The summed E-state index contributed by atoms with van der Waals surface area (Å²) in [6.07, 6.45) is 0. The highest BCUT2D eigenvalue weighted by Crippen LogP contribution is 2.35. The Hall–Kier alpha value is -3.81. The lowest BCUT2D eigenvalue weighted by molar-refractivity contribution is 0.319. The van der Waals surface area contributed by atoms with Crippen LogP contribution in [0.5, 0.6) is 0 Å². The zero-order chi connectivity index (χ0) is 22.7. The van der Waals surface area contributed by atoms with Gasteiger partial charge in [-0.15, -0.1) is 0 Å². The summed E-state index contributed by atoms with van der Waals surface area (Å²) in [7, 11) is -0.758. The van der Waals surface area contributed by atoms with Crippen LogP contribution in [-0.4, -0.2) is 17.5 Å². The SMILES string of the molecule is c1ccc(C2COC(c3ccc4cccc(P(c5ccccc5)c5ccccc5)c4n3)=N2)cc1. The van der Waals surface area contributed by atoms with Crippen LogP contribution >= 0.6 is 7.92 Å². The molecule has 0 N–H and O–H groups in total. The molecule has 0 saturated heterocycles. The van der Waals surface area contributed by atoms with E-state index >= 15 is 0 Å². The van der Waals surface area contributed by atoms with Crippen LogP contribution in [0.1, 0.15) is 17.3 Å². The van der Waals surface area contributed by atoms with Gasteiger partial charge in [0.2, 0.25) is 5.90 Å². The molecule has 4 heteroatoms. The lowest BCUT2D eigenvalue weighted by Gasteiger charge is -2.20. The fourth-order valence-electron chi connectivity index (χ4n) is 4.37. The van der Waals surface area contributed by atoms with Crippen LogP contribution in [0.3, 0.4) is 0 Å². The Bertz CT molecular complexity index is 1410. The third-order valence-corrected chi connectivity index (χ3v) is 8.49. The molecule has 2 heterocycles. The van der Waals surface area contributed by atoms with Crippen molar-refractivity contribution < 1.29 is 4.74 Å². The fraction of sp³-hybridized carbons (Fsp3) is 0.0667. The van der Waals surface area contributed by atoms with Gasteiger partial charge in [-0.05, 0) is 30.2 Å². The smallest absolute Gasteiger partial charge is 0.236 e. The number of pyridine rings is 1. The highest BCUT2D eigenvalue weighted by Gasteiger charge is 2.24. The van der Waals surface area contributed by atoms with E-state index in [-0.39, 0.29) is 6.04 Å². The Morgan fingerprint density at radius 1 is 0.647 bits per heavy atom. The molecule has 1 unspecified atom stereocenters. The molecule has 1 aliphatic rings. The van der Waals surface area contributed by atoms with E-state index in [1.165, 1.54) is 15.9 Å². The molecule has 164 valence electrons. The standard InChI is InChI=1S/C30H23N2OP/c1-4-11-22(12-5-1)27-21-33-30(32-27)26-20-19-23-13-10-18-28(29(23)31-26)34(24-14-6-2-7-15-24)25-16-8-3-9-17-25/h1-20,27H,21H2. The minimum atomic E-state index is -0.758. The van der Waals surface area contributed by atoms with E-state index in [1.807, 2.05) is 24.3 Å². The van der Waals surface area contributed by atoms with E-state index in [1.54, 1.807) is 0 Å². The number of fused-ring (bicyclic) bond motifs is 1. The van der Waals surface area contributed by atoms with E-state index in [0.29, 0.717) is 12.5 Å². The summed E-state index contributed by atoms with van der Waals surface area (Å²) in [6.45, 7) is 0.543. The predicted octanol–water partition coefficient (Wildman–Crippen LogP) is 5.51. The Morgan fingerprint density at radius 2 is 1.29 bits per heavy atom. The van der Waals surface area contributed by atoms with Crippen molar-refractivity contribution in [2.45, 2.75) is 6.04 Å². The Labute approximate surface area is 200 Å². The van der Waals surface area contributed by atoms with E-state index in [0.717, 1.165) is 22.2 Å². The van der Waals surface area contributed by atoms with Gasteiger partial charge in [-0.25, -0.2) is 9.98 Å². The molecule has 34 heavy (non-hydrogen) atoms. The molecule has 0 amide bonds. The first-order valence-electron chi connectivity index (χ1n) is 11.4. The van der Waals surface area contributed by atoms with Crippen molar-refractivity contribution in [2.75, 3.05) is 6.61 Å². The number of aromatic nitrogens is 1. The maximum absolute atomic E-state index is 6.02. The molecular weight excluding hydrogens is 435 g/mol. The highest BCUT2D eigenvalue weighted by molar-refractivity contribution is 7.80. The summed E-state index contributed by atoms with van der Waals surface area (Å²) >= 11 is 0. The Balaban J connectivity index is 1.47. The van der Waals surface area contributed by atoms with Crippen molar-refractivity contribution in [2.24, 2.45) is 4.99 Å². The number of rotatable bonds is 5. The highest BCUT2D eigenvalue weighted by atomic mass is 31.1. The molecule has 4 aromatic carbocycles. The van der Waals surface area contributed by atoms with Crippen molar-refractivity contribution in [3.8, 4) is 0 Å². The molecule has 5 aromatic rings. The summed E-state index contributed by atoms with van der Waals surface area (Å²) in [5, 5.41) is 4.98. The summed E-state index contributed by atoms with van der Waals surface area (Å²) in [6, 6.07) is 42.4. The number of aliphatic imine (C=N–C) groups is 1. The molecule has 0 aliphatic carbocycles. The molecule has 6 rings (SSSR count). The molecule has 0 fully saturated rings. The summed E-state index contributed by atoms with van der Waals surface area (Å²) in [5.74, 6) is 0.620. The lowest BCUT2D eigenvalue weighted by Crippen LogP contribution is -2.22. The fourth-order valence-corrected chi connectivity index (χ4v) is 6.79. The minimum absolute atomic E-state index is 0.00898. The Morgan fingerprint density at radius 3 is 1.97 bits per heavy atom. The summed E-state index contributed by atoms with van der Waals surface area (Å²) < 4.78 is 6.02. The topological polar surface area (TPSA) is 34.5 Å². The third kappa shape index (κ3) is 4.00. The molecule has 3 nitrogen and oxygen atoms in total. The molecule has 1 aromatic heterocycles. The maximum atomic E-state index is 6.02. The van der Waals surface area contributed by atoms with Gasteiger partial charge in [0.1, 0.15) is 18.3 Å². The average molecular weight is 459 g/mol. The lowest BCUT2D eigenvalue weighted by atomic mass is 10.1. The Kier molecular flexibility index (Phi) is 5.63. The first kappa shape index (κ1) is 20.8. The molecule has 0 spiro atoms. The van der Waals surface area contributed by atoms with Gasteiger partial charge in [-0.1, -0.05) is 115 Å². The van der Waals surface area contributed by atoms with E-state index in [4.69, 9.17) is 14.7 Å². The second-order valence-electron chi connectivity index (χ2n) is 8.22. The van der Waals surface area contributed by atoms with Gasteiger partial charge in [0.05, 0.1) is 5.52 Å². The first-order chi connectivity index (χ1) is 16.9. The van der Waals surface area contributed by atoms with Gasteiger partial charge in [-0.3, -0.25) is 0 Å². The van der Waals surface area contributed by atoms with Crippen molar-refractivity contribution in [1.29, 1.82) is 0 Å². The molecule has 0 bridgehead atoms. The second-order valence-corrected chi connectivity index (χ2v) is 10.4. The largest absolute Gasteiger partial charge is 0.474 e. The van der Waals surface area contributed by atoms with Crippen molar-refractivity contribution in [1.82, 2.24) is 4.98 Å². The predicted molar refractivity (Wildman–Crippen MR) is 142 cm³/mol. The van der Waals surface area contributed by atoms with Crippen LogP contribution in [0.2, 0.25) is 0 Å². The van der Waals surface area contributed by atoms with Crippen LogP contribution in [0, 0.1) is 0 Å². The number of ether oxygens (including phenoxy) is 1. The second kappa shape index (κ2) is 9.21. The van der Waals surface area contributed by atoms with Gasteiger partial charge in [0.15, 0.2) is 0 Å². The van der Waals surface area contributed by atoms with E-state index in [2.05, 4.69) is 97.1 Å². The number of para-hydroxylation sites is 1. The monoisotopic (exact) mass is 458 g/mol. The van der Waals surface area contributed by atoms with Crippen LogP contribution in [0.4, 0.5) is 0 Å². The van der Waals surface area contributed by atoms with Crippen molar-refractivity contribution in [3.63, 3.8) is 0 Å². The number of hydrogen-bond acceptors (Lipinski definition) is 3. The quantitative estimate of drug-likeness (QED) is 0.326. The van der Waals surface area contributed by atoms with Crippen LogP contribution in [0.15, 0.2) is 126 Å². The average Bonchev–Trinajstić information content (AvgIpc) is 3.41. The zero-order valence-electron chi connectivity index (χ0n) is 18.6. The van der Waals surface area contributed by atoms with Crippen molar-refractivity contribution in [3.05, 3.63) is 133 Å². The van der Waals surface area contributed by atoms with Gasteiger partial charge in [-0.2, -0.15) is 0 Å². The zero-order valence-corrected chi connectivity index (χ0v) is 19.5. The van der Waals surface area contributed by atoms with Crippen LogP contribution < -0.4 is 15.9 Å². The van der Waals surface area contributed by atoms with Gasteiger partial charge < -0.3 is 4.74 Å². The number of hydrogen-bond donors (Lipinski definition) is 0. The number of nitrogens with zero attached hydrogens (tertiary/aromatic N) is 2. The maximum Gasteiger partial charge on any atom is 0.236 e. The summed E-state index contributed by atoms with van der Waals surface area (Å²) in [5.41, 5.74) is 2.96. The normalized spacial score (nSPS) is 15.3. The van der Waals surface area contributed by atoms with E-state index in [9.17, 15) is 0 Å². The summed E-state index contributed by atoms with van der Waals surface area (Å²) in [4.78, 5) is 9.98. The molecular formula is C30H23N2OP. The minimum Gasteiger partial charge on any atom is -0.474 e. The van der Waals surface area contributed by atoms with Gasteiger partial charge in [0, 0.05) is 10.7 Å². The molecule has 0 radical (unpaired) electrons. The van der Waals surface area contributed by atoms with Crippen molar-refractivity contribution >= 4 is 40.6 Å². The third-order valence-electron chi connectivity index (χ3n) is 6.02. The van der Waals surface area contributed by atoms with Crippen LogP contribution in [-0.2, 0) is 4.74 Å². The first-order valence-corrected chi connectivity index (χ1v) is 12.8. The molecule has 0 saturated carbocycles. The van der Waals surface area contributed by atoms with E-state index < -0.39 is 7.92 Å². The van der Waals surface area contributed by atoms with Crippen LogP contribution in [0.25, 0.3) is 10.9 Å². The molecule has 1 atom stereocenters.